The van der Waals surface area contributed by atoms with Crippen LogP contribution >= 0.6 is 0 Å². The Morgan fingerprint density at radius 3 is 1.73 bits per heavy atom. The van der Waals surface area contributed by atoms with Crippen molar-refractivity contribution < 1.29 is 4.42 Å². The molecule has 0 aliphatic rings. The molecule has 9 aromatic rings. The molecule has 0 atom stereocenters. The molecule has 0 saturated heterocycles. The number of hydrogen-bond donors (Lipinski definition) is 0. The largest absolute Gasteiger partial charge is 0.456 e. The summed E-state index contributed by atoms with van der Waals surface area (Å²) in [6.07, 6.45) is 0. The predicted molar refractivity (Wildman–Crippen MR) is 200 cm³/mol. The zero-order valence-electron chi connectivity index (χ0n) is 26.4. The number of hydrogen-bond acceptors (Lipinski definition) is 4. The Labute approximate surface area is 282 Å². The predicted octanol–water partition coefficient (Wildman–Crippen LogP) is 11.2. The van der Waals surface area contributed by atoms with Gasteiger partial charge in [-0.1, -0.05) is 140 Å². The highest BCUT2D eigenvalue weighted by molar-refractivity contribution is 5.96. The van der Waals surface area contributed by atoms with E-state index in [0.717, 1.165) is 55.7 Å². The molecular weight excluding hydrogens is 601 g/mol. The number of benzene rings is 7. The second-order valence-corrected chi connectivity index (χ2v) is 12.1. The van der Waals surface area contributed by atoms with Crippen molar-refractivity contribution in [1.29, 1.82) is 0 Å². The Morgan fingerprint density at radius 1 is 0.388 bits per heavy atom. The van der Waals surface area contributed by atoms with Gasteiger partial charge in [-0.05, 0) is 63.4 Å². The molecule has 4 nitrogen and oxygen atoms in total. The fourth-order valence-electron chi connectivity index (χ4n) is 6.57. The monoisotopic (exact) mass is 628 g/mol. The molecular formula is C45H28N2O2. The third-order valence-corrected chi connectivity index (χ3v) is 9.13. The fraction of sp³-hybridized carbons (Fsp3) is 0. The molecule has 9 rings (SSSR count). The average Bonchev–Trinajstić information content (AvgIpc) is 3.18. The summed E-state index contributed by atoms with van der Waals surface area (Å²) in [5.41, 5.74) is 10.3. The normalized spacial score (nSPS) is 11.3. The quantitative estimate of drug-likeness (QED) is 0.178. The fourth-order valence-corrected chi connectivity index (χ4v) is 6.57. The first kappa shape index (κ1) is 28.6. The Bertz CT molecular complexity index is 2710. The van der Waals surface area contributed by atoms with E-state index >= 15 is 0 Å². The summed E-state index contributed by atoms with van der Waals surface area (Å²) in [4.78, 5) is 23.1. The van der Waals surface area contributed by atoms with Crippen LogP contribution in [0.3, 0.4) is 0 Å². The third-order valence-electron chi connectivity index (χ3n) is 9.13. The first-order valence-corrected chi connectivity index (χ1v) is 16.3. The van der Waals surface area contributed by atoms with Crippen LogP contribution in [0.15, 0.2) is 179 Å². The van der Waals surface area contributed by atoms with Crippen LogP contribution in [0.25, 0.3) is 88.9 Å². The second-order valence-electron chi connectivity index (χ2n) is 12.1. The average molecular weight is 629 g/mol. The van der Waals surface area contributed by atoms with Gasteiger partial charge in [0.1, 0.15) is 11.2 Å². The molecule has 0 aliphatic heterocycles. The van der Waals surface area contributed by atoms with Crippen molar-refractivity contribution in [3.63, 3.8) is 0 Å². The summed E-state index contributed by atoms with van der Waals surface area (Å²) in [5.74, 6) is 0.696. The van der Waals surface area contributed by atoms with E-state index in [9.17, 15) is 4.79 Å². The maximum atomic E-state index is 13.0. The van der Waals surface area contributed by atoms with Crippen molar-refractivity contribution in [2.45, 2.75) is 0 Å². The van der Waals surface area contributed by atoms with Crippen LogP contribution in [0.5, 0.6) is 0 Å². The lowest BCUT2D eigenvalue weighted by Gasteiger charge is -2.12. The van der Waals surface area contributed by atoms with Gasteiger partial charge in [-0.15, -0.1) is 0 Å². The Balaban J connectivity index is 1.05. The number of rotatable bonds is 5. The molecule has 0 saturated carbocycles. The summed E-state index contributed by atoms with van der Waals surface area (Å²) < 4.78 is 6.10. The van der Waals surface area contributed by atoms with Gasteiger partial charge in [-0.3, -0.25) is 4.79 Å². The highest BCUT2D eigenvalue weighted by Crippen LogP contribution is 2.33. The lowest BCUT2D eigenvalue weighted by Crippen LogP contribution is -2.01. The molecule has 0 aliphatic carbocycles. The van der Waals surface area contributed by atoms with E-state index in [1.54, 1.807) is 6.07 Å². The standard InChI is InChI=1S/C45H28N2O2/c48-44-38-14-6-7-16-42(38)49-43-27-35(25-26-39(43)44)31-19-17-29(18-20-31)30-21-23-33(24-22-30)40-28-41(47-45(46-40)34-10-2-1-3-11-34)37-15-8-12-32-9-4-5-13-36(32)37/h1-28H. The van der Waals surface area contributed by atoms with Crippen molar-refractivity contribution in [3.8, 4) is 56.2 Å². The van der Waals surface area contributed by atoms with E-state index in [2.05, 4.69) is 109 Å². The maximum absolute atomic E-state index is 13.0. The number of nitrogens with zero attached hydrogens (tertiary/aromatic N) is 2. The maximum Gasteiger partial charge on any atom is 0.200 e. The molecule has 49 heavy (non-hydrogen) atoms. The lowest BCUT2D eigenvalue weighted by atomic mass is 9.97. The molecule has 0 radical (unpaired) electrons. The Kier molecular flexibility index (Phi) is 6.91. The molecule has 230 valence electrons. The van der Waals surface area contributed by atoms with Crippen LogP contribution in [0.4, 0.5) is 0 Å². The minimum absolute atomic E-state index is 0.00904. The van der Waals surface area contributed by atoms with E-state index in [1.807, 2.05) is 54.6 Å². The third kappa shape index (κ3) is 5.26. The summed E-state index contributed by atoms with van der Waals surface area (Å²) in [5, 5.41) is 3.52. The molecule has 7 aromatic carbocycles. The van der Waals surface area contributed by atoms with E-state index in [4.69, 9.17) is 14.4 Å². The Morgan fingerprint density at radius 2 is 0.959 bits per heavy atom. The van der Waals surface area contributed by atoms with E-state index in [-0.39, 0.29) is 5.43 Å². The minimum atomic E-state index is -0.00904. The van der Waals surface area contributed by atoms with Crippen molar-refractivity contribution in [1.82, 2.24) is 9.97 Å². The SMILES string of the molecule is O=c1c2ccccc2oc2cc(-c3ccc(-c4ccc(-c5cc(-c6cccc7ccccc67)nc(-c6ccccc6)n5)cc4)cc3)ccc12. The molecule has 4 heteroatoms. The molecule has 0 unspecified atom stereocenters. The van der Waals surface area contributed by atoms with Crippen LogP contribution in [-0.4, -0.2) is 9.97 Å². The van der Waals surface area contributed by atoms with Gasteiger partial charge >= 0.3 is 0 Å². The topological polar surface area (TPSA) is 56.0 Å². The number of fused-ring (bicyclic) bond motifs is 3. The van der Waals surface area contributed by atoms with Gasteiger partial charge in [0.05, 0.1) is 22.2 Å². The van der Waals surface area contributed by atoms with Crippen LogP contribution in [0.1, 0.15) is 0 Å². The molecule has 2 aromatic heterocycles. The summed E-state index contributed by atoms with van der Waals surface area (Å²) in [6, 6.07) is 57.2. The van der Waals surface area contributed by atoms with Crippen molar-refractivity contribution in [2.75, 3.05) is 0 Å². The number of aromatic nitrogens is 2. The molecule has 0 fully saturated rings. The van der Waals surface area contributed by atoms with Crippen LogP contribution < -0.4 is 5.43 Å². The summed E-state index contributed by atoms with van der Waals surface area (Å²) in [6.45, 7) is 0. The van der Waals surface area contributed by atoms with Gasteiger partial charge in [0.25, 0.3) is 0 Å². The van der Waals surface area contributed by atoms with Gasteiger partial charge in [0.2, 0.25) is 5.43 Å². The Hall–Kier alpha value is -6.65. The van der Waals surface area contributed by atoms with E-state index < -0.39 is 0 Å². The first-order chi connectivity index (χ1) is 24.2. The second kappa shape index (κ2) is 11.9. The van der Waals surface area contributed by atoms with Gasteiger partial charge < -0.3 is 4.42 Å². The molecule has 0 N–H and O–H groups in total. The first-order valence-electron chi connectivity index (χ1n) is 16.3. The smallest absolute Gasteiger partial charge is 0.200 e. The van der Waals surface area contributed by atoms with Crippen LogP contribution in [0.2, 0.25) is 0 Å². The van der Waals surface area contributed by atoms with Crippen LogP contribution in [0, 0.1) is 0 Å². The van der Waals surface area contributed by atoms with Crippen molar-refractivity contribution in [2.24, 2.45) is 0 Å². The summed E-state index contributed by atoms with van der Waals surface area (Å²) >= 11 is 0. The zero-order chi connectivity index (χ0) is 32.7. The van der Waals surface area contributed by atoms with E-state index in [0.29, 0.717) is 27.8 Å². The highest BCUT2D eigenvalue weighted by atomic mass is 16.3. The number of para-hydroxylation sites is 1. The molecule has 0 bridgehead atoms. The van der Waals surface area contributed by atoms with Gasteiger partial charge in [0, 0.05) is 16.7 Å². The molecule has 0 amide bonds. The minimum Gasteiger partial charge on any atom is -0.456 e. The van der Waals surface area contributed by atoms with Gasteiger partial charge in [-0.2, -0.15) is 0 Å². The van der Waals surface area contributed by atoms with Gasteiger partial charge in [0.15, 0.2) is 5.82 Å². The van der Waals surface area contributed by atoms with Crippen LogP contribution in [-0.2, 0) is 0 Å². The molecule has 0 spiro atoms. The zero-order valence-corrected chi connectivity index (χ0v) is 26.4. The van der Waals surface area contributed by atoms with Crippen molar-refractivity contribution in [3.05, 3.63) is 180 Å². The molecule has 2 heterocycles. The highest BCUT2D eigenvalue weighted by Gasteiger charge is 2.13. The van der Waals surface area contributed by atoms with Crippen molar-refractivity contribution >= 4 is 32.7 Å². The van der Waals surface area contributed by atoms with E-state index in [1.165, 1.54) is 5.39 Å². The summed E-state index contributed by atoms with van der Waals surface area (Å²) in [7, 11) is 0. The van der Waals surface area contributed by atoms with Gasteiger partial charge in [-0.25, -0.2) is 9.97 Å². The lowest BCUT2D eigenvalue weighted by molar-refractivity contribution is 0.660.